The van der Waals surface area contributed by atoms with Crippen molar-refractivity contribution in [2.24, 2.45) is 10.2 Å². The Morgan fingerprint density at radius 3 is 2.18 bits per heavy atom. The van der Waals surface area contributed by atoms with Gasteiger partial charge in [0.25, 0.3) is 0 Å². The standard InChI is InChI=1S/C25H22N4O3S/c1-17-21-11-7-8-12-22(21)25(28(26-17)18-9-5-4-6-10-18)29(27-23(33-25)24(30)32-3)19-13-15-20(31-2)16-14-19/h4-16H,1-3H3. The van der Waals surface area contributed by atoms with Gasteiger partial charge in [-0.05, 0) is 55.1 Å². The van der Waals surface area contributed by atoms with E-state index in [4.69, 9.17) is 19.7 Å². The predicted molar refractivity (Wildman–Crippen MR) is 132 cm³/mol. The first-order chi connectivity index (χ1) is 16.1. The van der Waals surface area contributed by atoms with Crippen molar-refractivity contribution in [1.29, 1.82) is 0 Å². The van der Waals surface area contributed by atoms with Crippen LogP contribution in [-0.2, 0) is 14.5 Å². The summed E-state index contributed by atoms with van der Waals surface area (Å²) in [5, 5.41) is 13.8. The molecule has 0 amide bonds. The molecule has 0 fully saturated rings. The van der Waals surface area contributed by atoms with E-state index in [2.05, 4.69) is 6.07 Å². The number of benzene rings is 3. The van der Waals surface area contributed by atoms with Gasteiger partial charge in [-0.1, -0.05) is 42.5 Å². The number of rotatable bonds is 4. The van der Waals surface area contributed by atoms with Crippen LogP contribution in [0.3, 0.4) is 0 Å². The molecule has 1 unspecified atom stereocenters. The number of fused-ring (bicyclic) bond motifs is 2. The van der Waals surface area contributed by atoms with Crippen molar-refractivity contribution >= 4 is 39.9 Å². The number of anilines is 2. The molecule has 7 nitrogen and oxygen atoms in total. The van der Waals surface area contributed by atoms with Gasteiger partial charge < -0.3 is 9.47 Å². The van der Waals surface area contributed by atoms with E-state index in [1.54, 1.807) is 7.11 Å². The summed E-state index contributed by atoms with van der Waals surface area (Å²) in [6, 6.07) is 25.5. The molecule has 1 atom stereocenters. The summed E-state index contributed by atoms with van der Waals surface area (Å²) in [4.78, 5) is 11.7. The summed E-state index contributed by atoms with van der Waals surface area (Å²) < 4.78 is 10.4. The van der Waals surface area contributed by atoms with Gasteiger partial charge in [-0.25, -0.2) is 14.8 Å². The van der Waals surface area contributed by atoms with Crippen LogP contribution in [0.5, 0.6) is 5.75 Å². The van der Waals surface area contributed by atoms with Gasteiger partial charge >= 0.3 is 5.97 Å². The number of para-hydroxylation sites is 1. The molecule has 33 heavy (non-hydrogen) atoms. The van der Waals surface area contributed by atoms with E-state index < -0.39 is 11.0 Å². The Balaban J connectivity index is 1.78. The minimum atomic E-state index is -0.977. The predicted octanol–water partition coefficient (Wildman–Crippen LogP) is 4.79. The first-order valence-corrected chi connectivity index (χ1v) is 11.2. The molecule has 0 aliphatic carbocycles. The average Bonchev–Trinajstić information content (AvgIpc) is 3.27. The lowest BCUT2D eigenvalue weighted by Gasteiger charge is -2.46. The van der Waals surface area contributed by atoms with Crippen molar-refractivity contribution in [3.63, 3.8) is 0 Å². The first-order valence-electron chi connectivity index (χ1n) is 10.4. The lowest BCUT2D eigenvalue weighted by molar-refractivity contribution is -0.132. The van der Waals surface area contributed by atoms with E-state index in [0.29, 0.717) is 0 Å². The van der Waals surface area contributed by atoms with Crippen molar-refractivity contribution in [2.75, 3.05) is 24.2 Å². The molecule has 5 rings (SSSR count). The average molecular weight is 459 g/mol. The highest BCUT2D eigenvalue weighted by molar-refractivity contribution is 8.16. The number of ether oxygens (including phenoxy) is 2. The van der Waals surface area contributed by atoms with Crippen LogP contribution in [0.1, 0.15) is 18.1 Å². The number of methoxy groups -OCH3 is 2. The number of carbonyl (C=O) groups is 1. The SMILES string of the molecule is COC(=O)C1=NN(c2ccc(OC)cc2)C2(S1)c1ccccc1C(C)=NN2c1ccccc1. The van der Waals surface area contributed by atoms with Gasteiger partial charge in [0.2, 0.25) is 10.0 Å². The largest absolute Gasteiger partial charge is 0.497 e. The van der Waals surface area contributed by atoms with Crippen LogP contribution in [0, 0.1) is 0 Å². The maximum atomic E-state index is 12.7. The molecule has 0 saturated carbocycles. The molecule has 2 aliphatic heterocycles. The van der Waals surface area contributed by atoms with E-state index in [1.165, 1.54) is 18.9 Å². The number of nitrogens with zero attached hydrogens (tertiary/aromatic N) is 4. The molecule has 0 N–H and O–H groups in total. The van der Waals surface area contributed by atoms with Crippen LogP contribution < -0.4 is 14.8 Å². The van der Waals surface area contributed by atoms with Crippen molar-refractivity contribution in [2.45, 2.75) is 11.9 Å². The summed E-state index contributed by atoms with van der Waals surface area (Å²) >= 11 is 1.32. The van der Waals surface area contributed by atoms with E-state index in [0.717, 1.165) is 34.0 Å². The molecule has 0 saturated heterocycles. The monoisotopic (exact) mass is 458 g/mol. The highest BCUT2D eigenvalue weighted by Crippen LogP contribution is 2.54. The van der Waals surface area contributed by atoms with E-state index in [-0.39, 0.29) is 5.04 Å². The van der Waals surface area contributed by atoms with Crippen molar-refractivity contribution in [3.8, 4) is 5.75 Å². The van der Waals surface area contributed by atoms with Gasteiger partial charge in [0.15, 0.2) is 0 Å². The minimum Gasteiger partial charge on any atom is -0.497 e. The molecular formula is C25H22N4O3S. The van der Waals surface area contributed by atoms with Crippen LogP contribution in [0.25, 0.3) is 0 Å². The molecule has 3 aromatic rings. The maximum absolute atomic E-state index is 12.7. The molecule has 2 heterocycles. The summed E-state index contributed by atoms with van der Waals surface area (Å²) in [5.74, 6) is 0.238. The Labute approximate surface area is 196 Å². The summed E-state index contributed by atoms with van der Waals surface area (Å²) in [7, 11) is 2.99. The number of hydrogen-bond donors (Lipinski definition) is 0. The fourth-order valence-electron chi connectivity index (χ4n) is 4.06. The van der Waals surface area contributed by atoms with Crippen LogP contribution in [-0.4, -0.2) is 30.9 Å². The fraction of sp³-hybridized carbons (Fsp3) is 0.160. The highest BCUT2D eigenvalue weighted by atomic mass is 32.2. The fourth-order valence-corrected chi connectivity index (χ4v) is 5.37. The van der Waals surface area contributed by atoms with E-state index >= 15 is 0 Å². The second kappa shape index (κ2) is 8.29. The Hall–Kier alpha value is -3.78. The zero-order valence-electron chi connectivity index (χ0n) is 18.4. The van der Waals surface area contributed by atoms with Crippen LogP contribution in [0.2, 0.25) is 0 Å². The number of esters is 1. The quantitative estimate of drug-likeness (QED) is 0.524. The van der Waals surface area contributed by atoms with Gasteiger partial charge in [-0.3, -0.25) is 0 Å². The molecule has 0 radical (unpaired) electrons. The molecule has 8 heteroatoms. The summed E-state index contributed by atoms with van der Waals surface area (Å²) in [6.07, 6.45) is 0. The van der Waals surface area contributed by atoms with E-state index in [1.807, 2.05) is 89.7 Å². The van der Waals surface area contributed by atoms with Crippen molar-refractivity contribution in [3.05, 3.63) is 90.0 Å². The third kappa shape index (κ3) is 3.34. The molecule has 0 bridgehead atoms. The lowest BCUT2D eigenvalue weighted by Crippen LogP contribution is -2.53. The van der Waals surface area contributed by atoms with Gasteiger partial charge in [-0.15, -0.1) is 0 Å². The van der Waals surface area contributed by atoms with Gasteiger partial charge in [0, 0.05) is 11.1 Å². The van der Waals surface area contributed by atoms with Gasteiger partial charge in [0.1, 0.15) is 5.75 Å². The molecule has 166 valence electrons. The van der Waals surface area contributed by atoms with Crippen LogP contribution in [0.15, 0.2) is 89.1 Å². The first kappa shape index (κ1) is 21.1. The Morgan fingerprint density at radius 1 is 0.848 bits per heavy atom. The highest BCUT2D eigenvalue weighted by Gasteiger charge is 2.56. The van der Waals surface area contributed by atoms with Gasteiger partial charge in [0.05, 0.1) is 31.3 Å². The summed E-state index contributed by atoms with van der Waals surface area (Å²) in [5.41, 5.74) is 4.51. The number of hydrogen-bond acceptors (Lipinski definition) is 8. The lowest BCUT2D eigenvalue weighted by atomic mass is 9.98. The zero-order valence-corrected chi connectivity index (χ0v) is 19.2. The van der Waals surface area contributed by atoms with Gasteiger partial charge in [-0.2, -0.15) is 10.2 Å². The summed E-state index contributed by atoms with van der Waals surface area (Å²) in [6.45, 7) is 1.99. The van der Waals surface area contributed by atoms with Crippen molar-refractivity contribution in [1.82, 2.24) is 0 Å². The van der Waals surface area contributed by atoms with Crippen molar-refractivity contribution < 1.29 is 14.3 Å². The molecule has 0 aromatic heterocycles. The number of thioether (sulfide) groups is 1. The zero-order chi connectivity index (χ0) is 23.0. The topological polar surface area (TPSA) is 66.7 Å². The third-order valence-electron chi connectivity index (χ3n) is 5.60. The molecular weight excluding hydrogens is 436 g/mol. The van der Waals surface area contributed by atoms with Crippen LogP contribution >= 0.6 is 11.8 Å². The second-order valence-electron chi connectivity index (χ2n) is 7.50. The Kier molecular flexibility index (Phi) is 5.30. The second-order valence-corrected chi connectivity index (χ2v) is 8.66. The normalized spacial score (nSPS) is 19.1. The number of carbonyl (C=O) groups excluding carboxylic acids is 1. The Bertz CT molecular complexity index is 1260. The van der Waals surface area contributed by atoms with E-state index in [9.17, 15) is 4.79 Å². The minimum absolute atomic E-state index is 0.249. The molecule has 2 aliphatic rings. The number of hydrazone groups is 2. The Morgan fingerprint density at radius 2 is 1.48 bits per heavy atom. The third-order valence-corrected chi connectivity index (χ3v) is 6.89. The molecule has 1 spiro atoms. The molecule has 3 aromatic carbocycles. The van der Waals surface area contributed by atoms with Crippen LogP contribution in [0.4, 0.5) is 11.4 Å². The maximum Gasteiger partial charge on any atom is 0.365 e. The smallest absolute Gasteiger partial charge is 0.365 e.